The van der Waals surface area contributed by atoms with Crippen LogP contribution in [0.15, 0.2) is 30.5 Å². The molecule has 0 saturated heterocycles. The number of anilines is 2. The van der Waals surface area contributed by atoms with Gasteiger partial charge in [-0.3, -0.25) is 0 Å². The van der Waals surface area contributed by atoms with E-state index in [9.17, 15) is 4.39 Å². The predicted molar refractivity (Wildman–Crippen MR) is 61.5 cm³/mol. The number of aryl methyl sites for hydroxylation is 1. The maximum atomic E-state index is 13.3. The first-order valence-electron chi connectivity index (χ1n) is 4.67. The number of nitrogens with zero attached hydrogens (tertiary/aromatic N) is 2. The molecular weight excluding hydrogens is 229 g/mol. The van der Waals surface area contributed by atoms with Gasteiger partial charge in [0.05, 0.1) is 6.20 Å². The molecule has 0 aliphatic carbocycles. The molecule has 0 saturated carbocycles. The lowest BCUT2D eigenvalue weighted by molar-refractivity contribution is 0.619. The van der Waals surface area contributed by atoms with Gasteiger partial charge in [-0.05, 0) is 36.2 Å². The van der Waals surface area contributed by atoms with Gasteiger partial charge in [-0.2, -0.15) is 4.98 Å². The Morgan fingerprint density at radius 3 is 2.94 bits per heavy atom. The first-order valence-corrected chi connectivity index (χ1v) is 5.04. The number of nitrogens with one attached hydrogen (secondary N) is 1. The largest absolute Gasteiger partial charge is 0.338 e. The van der Waals surface area contributed by atoms with E-state index in [0.717, 1.165) is 17.4 Å². The summed E-state index contributed by atoms with van der Waals surface area (Å²) in [6.07, 6.45) is 1.04. The zero-order chi connectivity index (χ0) is 11.5. The maximum Gasteiger partial charge on any atom is 0.224 e. The lowest BCUT2D eigenvalue weighted by Crippen LogP contribution is -1.98. The molecule has 0 aliphatic rings. The van der Waals surface area contributed by atoms with Gasteiger partial charge in [0.25, 0.3) is 0 Å². The van der Waals surface area contributed by atoms with Crippen LogP contribution in [0.1, 0.15) is 5.56 Å². The van der Waals surface area contributed by atoms with Crippen LogP contribution in [0, 0.1) is 12.7 Å². The zero-order valence-electron chi connectivity index (χ0n) is 8.54. The van der Waals surface area contributed by atoms with Crippen LogP contribution in [-0.2, 0) is 0 Å². The summed E-state index contributed by atoms with van der Waals surface area (Å²) in [5.41, 5.74) is 1.83. The van der Waals surface area contributed by atoms with Gasteiger partial charge in [0.1, 0.15) is 0 Å². The Morgan fingerprint density at radius 2 is 2.19 bits per heavy atom. The van der Waals surface area contributed by atoms with E-state index >= 15 is 0 Å². The van der Waals surface area contributed by atoms with Crippen molar-refractivity contribution in [2.75, 3.05) is 5.32 Å². The minimum atomic E-state index is -0.536. The van der Waals surface area contributed by atoms with Gasteiger partial charge in [0.15, 0.2) is 11.6 Å². The van der Waals surface area contributed by atoms with Crippen molar-refractivity contribution >= 4 is 23.1 Å². The molecule has 0 fully saturated rings. The summed E-state index contributed by atoms with van der Waals surface area (Å²) in [4.78, 5) is 7.30. The van der Waals surface area contributed by atoms with Crippen LogP contribution < -0.4 is 5.32 Å². The van der Waals surface area contributed by atoms with E-state index in [2.05, 4.69) is 15.3 Å². The first-order chi connectivity index (χ1) is 7.65. The first kappa shape index (κ1) is 10.8. The molecule has 3 nitrogen and oxygen atoms in total. The van der Waals surface area contributed by atoms with Gasteiger partial charge in [0, 0.05) is 5.69 Å². The van der Waals surface area contributed by atoms with E-state index in [-0.39, 0.29) is 11.1 Å². The van der Waals surface area contributed by atoms with Crippen molar-refractivity contribution in [1.82, 2.24) is 9.97 Å². The third-order valence-corrected chi connectivity index (χ3v) is 2.18. The third kappa shape index (κ3) is 2.46. The molecule has 1 N–H and O–H groups in total. The fraction of sp³-hybridized carbons (Fsp3) is 0.0909. The topological polar surface area (TPSA) is 37.8 Å². The Balaban J connectivity index is 2.30. The predicted octanol–water partition coefficient (Wildman–Crippen LogP) is 3.32. The standard InChI is InChI=1S/C11H9ClFN3/c1-7-3-2-4-8(5-7)15-10-9(13)6-14-11(12)16-10/h2-6H,1H3,(H,14,15,16). The third-order valence-electron chi connectivity index (χ3n) is 2.00. The SMILES string of the molecule is Cc1cccc(Nc2nc(Cl)ncc2F)c1. The second-order valence-electron chi connectivity index (χ2n) is 3.33. The Bertz CT molecular complexity index is 516. The van der Waals surface area contributed by atoms with Gasteiger partial charge in [-0.1, -0.05) is 12.1 Å². The zero-order valence-corrected chi connectivity index (χ0v) is 9.29. The molecule has 0 aliphatic heterocycles. The monoisotopic (exact) mass is 237 g/mol. The van der Waals surface area contributed by atoms with Crippen LogP contribution in [0.4, 0.5) is 15.9 Å². The summed E-state index contributed by atoms with van der Waals surface area (Å²) in [6.45, 7) is 1.95. The number of halogens is 2. The van der Waals surface area contributed by atoms with Crippen molar-refractivity contribution in [1.29, 1.82) is 0 Å². The summed E-state index contributed by atoms with van der Waals surface area (Å²) in [5.74, 6) is -0.462. The van der Waals surface area contributed by atoms with Crippen molar-refractivity contribution < 1.29 is 4.39 Å². The summed E-state index contributed by atoms with van der Waals surface area (Å²) >= 11 is 5.59. The second kappa shape index (κ2) is 4.45. The van der Waals surface area contributed by atoms with Crippen LogP contribution in [-0.4, -0.2) is 9.97 Å². The Labute approximate surface area is 97.3 Å². The van der Waals surface area contributed by atoms with Crippen LogP contribution >= 0.6 is 11.6 Å². The molecule has 0 radical (unpaired) electrons. The normalized spacial score (nSPS) is 10.2. The smallest absolute Gasteiger partial charge is 0.224 e. The van der Waals surface area contributed by atoms with Crippen molar-refractivity contribution in [2.24, 2.45) is 0 Å². The van der Waals surface area contributed by atoms with Crippen molar-refractivity contribution in [2.45, 2.75) is 6.92 Å². The van der Waals surface area contributed by atoms with E-state index in [1.807, 2.05) is 31.2 Å². The summed E-state index contributed by atoms with van der Waals surface area (Å²) in [6, 6.07) is 7.53. The molecule has 82 valence electrons. The second-order valence-corrected chi connectivity index (χ2v) is 3.67. The minimum Gasteiger partial charge on any atom is -0.338 e. The lowest BCUT2D eigenvalue weighted by atomic mass is 10.2. The highest BCUT2D eigenvalue weighted by Crippen LogP contribution is 2.19. The van der Waals surface area contributed by atoms with Gasteiger partial charge in [0.2, 0.25) is 5.28 Å². The van der Waals surface area contributed by atoms with E-state index in [1.54, 1.807) is 0 Å². The summed E-state index contributed by atoms with van der Waals surface area (Å²) < 4.78 is 13.3. The molecule has 2 aromatic rings. The molecule has 16 heavy (non-hydrogen) atoms. The highest BCUT2D eigenvalue weighted by atomic mass is 35.5. The van der Waals surface area contributed by atoms with Gasteiger partial charge in [-0.25, -0.2) is 9.37 Å². The molecule has 0 amide bonds. The molecular formula is C11H9ClFN3. The molecule has 0 bridgehead atoms. The number of aromatic nitrogens is 2. The van der Waals surface area contributed by atoms with E-state index in [1.165, 1.54) is 0 Å². The molecule has 2 rings (SSSR count). The van der Waals surface area contributed by atoms with Gasteiger partial charge in [-0.15, -0.1) is 0 Å². The quantitative estimate of drug-likeness (QED) is 0.815. The Kier molecular flexibility index (Phi) is 3.01. The molecule has 0 spiro atoms. The highest BCUT2D eigenvalue weighted by Gasteiger charge is 2.05. The van der Waals surface area contributed by atoms with Crippen LogP contribution in [0.2, 0.25) is 5.28 Å². The van der Waals surface area contributed by atoms with Crippen molar-refractivity contribution in [3.05, 3.63) is 47.1 Å². The molecule has 5 heteroatoms. The Hall–Kier alpha value is -1.68. The molecule has 0 unspecified atom stereocenters. The number of rotatable bonds is 2. The number of hydrogen-bond acceptors (Lipinski definition) is 3. The van der Waals surface area contributed by atoms with Crippen LogP contribution in [0.5, 0.6) is 0 Å². The Morgan fingerprint density at radius 1 is 1.38 bits per heavy atom. The fourth-order valence-corrected chi connectivity index (χ4v) is 1.43. The number of hydrogen-bond donors (Lipinski definition) is 1. The fourth-order valence-electron chi connectivity index (χ4n) is 1.29. The molecule has 1 aromatic carbocycles. The van der Waals surface area contributed by atoms with Gasteiger partial charge >= 0.3 is 0 Å². The van der Waals surface area contributed by atoms with Crippen LogP contribution in [0.3, 0.4) is 0 Å². The van der Waals surface area contributed by atoms with Gasteiger partial charge < -0.3 is 5.32 Å². The lowest BCUT2D eigenvalue weighted by Gasteiger charge is -2.06. The average molecular weight is 238 g/mol. The minimum absolute atomic E-state index is 0.0107. The van der Waals surface area contributed by atoms with E-state index in [0.29, 0.717) is 0 Å². The average Bonchev–Trinajstić information content (AvgIpc) is 2.24. The van der Waals surface area contributed by atoms with Crippen LogP contribution in [0.25, 0.3) is 0 Å². The highest BCUT2D eigenvalue weighted by molar-refractivity contribution is 6.28. The van der Waals surface area contributed by atoms with Crippen molar-refractivity contribution in [3.63, 3.8) is 0 Å². The number of benzene rings is 1. The van der Waals surface area contributed by atoms with Crippen molar-refractivity contribution in [3.8, 4) is 0 Å². The summed E-state index contributed by atoms with van der Waals surface area (Å²) in [7, 11) is 0. The molecule has 1 aromatic heterocycles. The maximum absolute atomic E-state index is 13.3. The summed E-state index contributed by atoms with van der Waals surface area (Å²) in [5, 5.41) is 2.85. The molecule has 1 heterocycles. The molecule has 0 atom stereocenters. The van der Waals surface area contributed by atoms with E-state index < -0.39 is 5.82 Å². The van der Waals surface area contributed by atoms with E-state index in [4.69, 9.17) is 11.6 Å².